The van der Waals surface area contributed by atoms with Gasteiger partial charge >= 0.3 is 0 Å². The Labute approximate surface area is 199 Å². The summed E-state index contributed by atoms with van der Waals surface area (Å²) in [5.74, 6) is 1.69. The van der Waals surface area contributed by atoms with Crippen LogP contribution in [0.4, 0.5) is 0 Å². The Morgan fingerprint density at radius 1 is 1.00 bits per heavy atom. The zero-order valence-electron chi connectivity index (χ0n) is 18.6. The van der Waals surface area contributed by atoms with Crippen molar-refractivity contribution in [1.29, 1.82) is 0 Å². The molecule has 0 spiro atoms. The van der Waals surface area contributed by atoms with E-state index in [1.54, 1.807) is 0 Å². The van der Waals surface area contributed by atoms with Crippen molar-refractivity contribution in [3.05, 3.63) is 64.7 Å². The molecule has 4 nitrogen and oxygen atoms in total. The molecule has 0 aliphatic carbocycles. The summed E-state index contributed by atoms with van der Waals surface area (Å²) >= 11 is 0. The molecule has 6 heteroatoms. The lowest BCUT2D eigenvalue weighted by Crippen LogP contribution is -2.47. The van der Waals surface area contributed by atoms with Crippen LogP contribution in [-0.2, 0) is 11.3 Å². The second-order valence-corrected chi connectivity index (χ2v) is 8.44. The van der Waals surface area contributed by atoms with E-state index in [2.05, 4.69) is 60.5 Å². The van der Waals surface area contributed by atoms with Gasteiger partial charge in [0.05, 0.1) is 0 Å². The number of benzene rings is 2. The number of hydrogen-bond acceptors (Lipinski definition) is 4. The van der Waals surface area contributed by atoms with Gasteiger partial charge < -0.3 is 14.8 Å². The normalized spacial score (nSPS) is 18.5. The third-order valence-electron chi connectivity index (χ3n) is 6.31. The van der Waals surface area contributed by atoms with E-state index in [0.717, 1.165) is 58.0 Å². The maximum absolute atomic E-state index is 6.24. The highest BCUT2D eigenvalue weighted by Crippen LogP contribution is 2.38. The molecule has 1 N–H and O–H groups in total. The van der Waals surface area contributed by atoms with Gasteiger partial charge in [0.15, 0.2) is 0 Å². The minimum Gasteiger partial charge on any atom is -0.488 e. The largest absolute Gasteiger partial charge is 0.488 e. The summed E-state index contributed by atoms with van der Waals surface area (Å²) in [6.07, 6.45) is 2.30. The number of nitrogens with zero attached hydrogens (tertiary/aromatic N) is 1. The Kier molecular flexibility index (Phi) is 10.6. The van der Waals surface area contributed by atoms with E-state index in [0.29, 0.717) is 18.6 Å². The van der Waals surface area contributed by atoms with Crippen molar-refractivity contribution in [2.45, 2.75) is 39.3 Å². The molecular weight excluding hydrogens is 431 g/mol. The Balaban J connectivity index is 0.00000171. The van der Waals surface area contributed by atoms with Crippen LogP contribution in [0.25, 0.3) is 0 Å². The van der Waals surface area contributed by atoms with Crippen molar-refractivity contribution in [3.63, 3.8) is 0 Å². The summed E-state index contributed by atoms with van der Waals surface area (Å²) in [6.45, 7) is 11.2. The minimum absolute atomic E-state index is 0. The fraction of sp³-hybridized carbons (Fsp3) is 0.520. The maximum Gasteiger partial charge on any atom is 0.125 e. The first-order valence-corrected chi connectivity index (χ1v) is 11.0. The fourth-order valence-corrected chi connectivity index (χ4v) is 4.88. The molecule has 2 aromatic rings. The van der Waals surface area contributed by atoms with Crippen LogP contribution in [0.5, 0.6) is 5.75 Å². The molecule has 172 valence electrons. The van der Waals surface area contributed by atoms with Crippen LogP contribution in [0.1, 0.15) is 41.1 Å². The van der Waals surface area contributed by atoms with E-state index in [-0.39, 0.29) is 24.8 Å². The average Bonchev–Trinajstić information content (AvgIpc) is 2.76. The van der Waals surface area contributed by atoms with Gasteiger partial charge in [0.25, 0.3) is 0 Å². The molecule has 0 radical (unpaired) electrons. The predicted octanol–water partition coefficient (Wildman–Crippen LogP) is 5.10. The SMILES string of the molecule is Cc1cc([C@H](C2CCOCC2)N2CCNCC2)cc(C)c1OCc1ccccc1.Cl.Cl. The van der Waals surface area contributed by atoms with Crippen LogP contribution in [0.2, 0.25) is 0 Å². The van der Waals surface area contributed by atoms with Gasteiger partial charge in [-0.25, -0.2) is 0 Å². The molecule has 4 rings (SSSR count). The second-order valence-electron chi connectivity index (χ2n) is 8.44. The molecule has 2 saturated heterocycles. The van der Waals surface area contributed by atoms with Gasteiger partial charge in [-0.3, -0.25) is 4.90 Å². The summed E-state index contributed by atoms with van der Waals surface area (Å²) in [5, 5.41) is 3.50. The summed E-state index contributed by atoms with van der Waals surface area (Å²) < 4.78 is 11.9. The van der Waals surface area contributed by atoms with Crippen molar-refractivity contribution in [1.82, 2.24) is 10.2 Å². The third kappa shape index (κ3) is 6.59. The molecule has 0 aromatic heterocycles. The highest BCUT2D eigenvalue weighted by Gasteiger charge is 2.31. The van der Waals surface area contributed by atoms with Gasteiger partial charge in [-0.05, 0) is 54.9 Å². The molecule has 2 aliphatic rings. The molecule has 1 atom stereocenters. The summed E-state index contributed by atoms with van der Waals surface area (Å²) in [6, 6.07) is 15.6. The smallest absolute Gasteiger partial charge is 0.125 e. The Bertz CT molecular complexity index is 750. The van der Waals surface area contributed by atoms with Crippen molar-refractivity contribution in [3.8, 4) is 5.75 Å². The first-order valence-electron chi connectivity index (χ1n) is 11.0. The zero-order valence-corrected chi connectivity index (χ0v) is 20.3. The summed E-state index contributed by atoms with van der Waals surface area (Å²) in [5.41, 5.74) is 5.13. The van der Waals surface area contributed by atoms with Gasteiger partial charge in [-0.1, -0.05) is 42.5 Å². The topological polar surface area (TPSA) is 33.7 Å². The molecule has 2 aliphatic heterocycles. The molecule has 0 amide bonds. The Morgan fingerprint density at radius 3 is 2.23 bits per heavy atom. The number of aryl methyl sites for hydroxylation is 2. The van der Waals surface area contributed by atoms with Gasteiger partial charge in [-0.15, -0.1) is 24.8 Å². The van der Waals surface area contributed by atoms with Crippen molar-refractivity contribution >= 4 is 24.8 Å². The number of hydrogen-bond donors (Lipinski definition) is 1. The van der Waals surface area contributed by atoms with E-state index in [1.165, 1.54) is 22.3 Å². The fourth-order valence-electron chi connectivity index (χ4n) is 4.88. The van der Waals surface area contributed by atoms with E-state index < -0.39 is 0 Å². The Hall–Kier alpha value is -1.30. The van der Waals surface area contributed by atoms with Gasteiger partial charge in [0, 0.05) is 45.4 Å². The first kappa shape index (κ1) is 26.0. The maximum atomic E-state index is 6.24. The predicted molar refractivity (Wildman–Crippen MR) is 132 cm³/mol. The minimum atomic E-state index is 0. The number of halogens is 2. The van der Waals surface area contributed by atoms with Crippen molar-refractivity contribution in [2.75, 3.05) is 39.4 Å². The summed E-state index contributed by atoms with van der Waals surface area (Å²) in [7, 11) is 0. The highest BCUT2D eigenvalue weighted by molar-refractivity contribution is 5.85. The number of ether oxygens (including phenoxy) is 2. The lowest BCUT2D eigenvalue weighted by molar-refractivity contribution is 0.0212. The third-order valence-corrected chi connectivity index (χ3v) is 6.31. The van der Waals surface area contributed by atoms with Crippen LogP contribution in [-0.4, -0.2) is 44.3 Å². The molecule has 0 unspecified atom stereocenters. The Morgan fingerprint density at radius 2 is 1.61 bits per heavy atom. The van der Waals surface area contributed by atoms with Crippen LogP contribution >= 0.6 is 24.8 Å². The van der Waals surface area contributed by atoms with Crippen LogP contribution in [0.3, 0.4) is 0 Å². The molecule has 0 bridgehead atoms. The lowest BCUT2D eigenvalue weighted by atomic mass is 9.84. The zero-order chi connectivity index (χ0) is 20.1. The molecule has 31 heavy (non-hydrogen) atoms. The van der Waals surface area contributed by atoms with Crippen LogP contribution in [0, 0.1) is 19.8 Å². The number of rotatable bonds is 6. The van der Waals surface area contributed by atoms with Crippen molar-refractivity contribution in [2.24, 2.45) is 5.92 Å². The van der Waals surface area contributed by atoms with E-state index in [9.17, 15) is 0 Å². The van der Waals surface area contributed by atoms with Crippen LogP contribution < -0.4 is 10.1 Å². The lowest BCUT2D eigenvalue weighted by Gasteiger charge is -2.41. The summed E-state index contributed by atoms with van der Waals surface area (Å²) in [4.78, 5) is 2.69. The second kappa shape index (κ2) is 12.7. The monoisotopic (exact) mass is 466 g/mol. The number of nitrogens with one attached hydrogen (secondary N) is 1. The first-order chi connectivity index (χ1) is 14.2. The standard InChI is InChI=1S/C25H34N2O2.2ClH/c1-19-16-23(17-20(2)25(19)29-18-21-6-4-3-5-7-21)24(22-8-14-28-15-9-22)27-12-10-26-11-13-27;;/h3-7,16-17,22,24,26H,8-15,18H2,1-2H3;2*1H/t24-;;/m0../s1. The molecule has 2 fully saturated rings. The van der Waals surface area contributed by atoms with Crippen LogP contribution in [0.15, 0.2) is 42.5 Å². The van der Waals surface area contributed by atoms with E-state index >= 15 is 0 Å². The van der Waals surface area contributed by atoms with E-state index in [4.69, 9.17) is 9.47 Å². The molecule has 2 aromatic carbocycles. The van der Waals surface area contributed by atoms with Gasteiger partial charge in [0.2, 0.25) is 0 Å². The quantitative estimate of drug-likeness (QED) is 0.641. The molecule has 2 heterocycles. The van der Waals surface area contributed by atoms with Crippen molar-refractivity contribution < 1.29 is 9.47 Å². The van der Waals surface area contributed by atoms with E-state index in [1.807, 2.05) is 6.07 Å². The highest BCUT2D eigenvalue weighted by atomic mass is 35.5. The molecule has 0 saturated carbocycles. The molecular formula is C25H36Cl2N2O2. The van der Waals surface area contributed by atoms with Gasteiger partial charge in [-0.2, -0.15) is 0 Å². The number of piperazine rings is 1. The average molecular weight is 467 g/mol. The van der Waals surface area contributed by atoms with Gasteiger partial charge in [0.1, 0.15) is 12.4 Å².